The largest absolute Gasteiger partial charge is 0.354 e. The number of fused-ring (bicyclic) bond motifs is 1. The van der Waals surface area contributed by atoms with Gasteiger partial charge in [-0.25, -0.2) is 4.68 Å². The Morgan fingerprint density at radius 2 is 1.90 bits per heavy atom. The number of hydrogen-bond acceptors (Lipinski definition) is 3. The van der Waals surface area contributed by atoms with Crippen LogP contribution in [-0.4, -0.2) is 21.3 Å². The molecule has 0 radical (unpaired) electrons. The van der Waals surface area contributed by atoms with Crippen LogP contribution in [0.4, 0.5) is 5.95 Å². The van der Waals surface area contributed by atoms with E-state index in [-0.39, 0.29) is 0 Å². The van der Waals surface area contributed by atoms with Crippen LogP contribution in [0.3, 0.4) is 0 Å². The Morgan fingerprint density at radius 1 is 1.20 bits per heavy atom. The van der Waals surface area contributed by atoms with Crippen molar-refractivity contribution in [1.82, 2.24) is 14.8 Å². The van der Waals surface area contributed by atoms with Gasteiger partial charge in [-0.1, -0.05) is 43.2 Å². The molecular formula is C16H22N4. The highest BCUT2D eigenvalue weighted by molar-refractivity contribution is 5.36. The average Bonchev–Trinajstić information content (AvgIpc) is 2.81. The van der Waals surface area contributed by atoms with Crippen LogP contribution < -0.4 is 5.32 Å². The third kappa shape index (κ3) is 2.30. The van der Waals surface area contributed by atoms with Gasteiger partial charge >= 0.3 is 0 Å². The van der Waals surface area contributed by atoms with E-state index in [2.05, 4.69) is 60.9 Å². The van der Waals surface area contributed by atoms with E-state index in [1.165, 1.54) is 16.7 Å². The van der Waals surface area contributed by atoms with Crippen molar-refractivity contribution in [2.75, 3.05) is 11.9 Å². The van der Waals surface area contributed by atoms with Crippen molar-refractivity contribution in [3.05, 3.63) is 40.7 Å². The Kier molecular flexibility index (Phi) is 3.24. The summed E-state index contributed by atoms with van der Waals surface area (Å²) in [6, 6.07) is 7.05. The zero-order valence-electron chi connectivity index (χ0n) is 12.6. The van der Waals surface area contributed by atoms with Crippen molar-refractivity contribution >= 4 is 5.95 Å². The Bertz CT molecular complexity index is 607. The first-order valence-corrected chi connectivity index (χ1v) is 7.33. The van der Waals surface area contributed by atoms with Crippen LogP contribution in [0.2, 0.25) is 0 Å². The fraction of sp³-hybridized carbons (Fsp3) is 0.500. The van der Waals surface area contributed by atoms with Crippen LogP contribution in [-0.2, 0) is 0 Å². The summed E-state index contributed by atoms with van der Waals surface area (Å²) in [5.41, 5.74) is 3.96. The fourth-order valence-corrected chi connectivity index (χ4v) is 2.88. The summed E-state index contributed by atoms with van der Waals surface area (Å²) in [6.07, 6.45) is 1.05. The lowest BCUT2D eigenvalue weighted by molar-refractivity contribution is 0.475. The second kappa shape index (κ2) is 4.93. The van der Waals surface area contributed by atoms with Gasteiger partial charge in [-0.2, -0.15) is 10.1 Å². The normalized spacial score (nSPS) is 17.9. The molecule has 4 nitrogen and oxygen atoms in total. The average molecular weight is 270 g/mol. The standard InChI is InChI=1S/C16H22N4/c1-10(2)15-18-16-17-6-5-14(20(16)19-15)13-8-11(3)7-12(4)9-13/h7-10,14H,5-6H2,1-4H3,(H,17,18,19). The molecule has 2 heterocycles. The molecule has 1 unspecified atom stereocenters. The second-order valence-electron chi connectivity index (χ2n) is 6.05. The Balaban J connectivity index is 2.04. The van der Waals surface area contributed by atoms with Gasteiger partial charge in [0.2, 0.25) is 5.95 Å². The van der Waals surface area contributed by atoms with Gasteiger partial charge < -0.3 is 5.32 Å². The maximum atomic E-state index is 4.71. The Morgan fingerprint density at radius 3 is 2.55 bits per heavy atom. The zero-order valence-corrected chi connectivity index (χ0v) is 12.6. The molecule has 1 atom stereocenters. The van der Waals surface area contributed by atoms with Gasteiger partial charge in [0.25, 0.3) is 0 Å². The summed E-state index contributed by atoms with van der Waals surface area (Å²) in [4.78, 5) is 4.61. The highest BCUT2D eigenvalue weighted by Gasteiger charge is 2.25. The van der Waals surface area contributed by atoms with E-state index in [4.69, 9.17) is 5.10 Å². The maximum Gasteiger partial charge on any atom is 0.221 e. The minimum Gasteiger partial charge on any atom is -0.354 e. The van der Waals surface area contributed by atoms with Gasteiger partial charge in [-0.05, 0) is 25.8 Å². The molecule has 0 saturated heterocycles. The van der Waals surface area contributed by atoms with Gasteiger partial charge in [0, 0.05) is 12.5 Å². The van der Waals surface area contributed by atoms with Crippen molar-refractivity contribution in [3.8, 4) is 0 Å². The Labute approximate surface area is 120 Å². The number of aryl methyl sites for hydroxylation is 2. The molecule has 0 spiro atoms. The van der Waals surface area contributed by atoms with Crippen molar-refractivity contribution < 1.29 is 0 Å². The second-order valence-corrected chi connectivity index (χ2v) is 6.05. The van der Waals surface area contributed by atoms with Crippen molar-refractivity contribution in [2.45, 2.75) is 46.1 Å². The van der Waals surface area contributed by atoms with Crippen LogP contribution in [0.25, 0.3) is 0 Å². The van der Waals surface area contributed by atoms with Gasteiger partial charge in [-0.3, -0.25) is 0 Å². The number of aromatic nitrogens is 3. The molecule has 1 aromatic heterocycles. The van der Waals surface area contributed by atoms with E-state index in [0.29, 0.717) is 12.0 Å². The molecule has 0 saturated carbocycles. The molecule has 106 valence electrons. The molecule has 3 rings (SSSR count). The summed E-state index contributed by atoms with van der Waals surface area (Å²) in [7, 11) is 0. The molecule has 1 aliphatic heterocycles. The minimum absolute atomic E-state index is 0.296. The van der Waals surface area contributed by atoms with Crippen LogP contribution in [0.15, 0.2) is 18.2 Å². The zero-order chi connectivity index (χ0) is 14.3. The van der Waals surface area contributed by atoms with Crippen molar-refractivity contribution in [2.24, 2.45) is 0 Å². The number of nitrogens with zero attached hydrogens (tertiary/aromatic N) is 3. The van der Waals surface area contributed by atoms with E-state index in [1.54, 1.807) is 0 Å². The smallest absolute Gasteiger partial charge is 0.221 e. The Hall–Kier alpha value is -1.84. The first-order valence-electron chi connectivity index (χ1n) is 7.33. The van der Waals surface area contributed by atoms with Gasteiger partial charge in [-0.15, -0.1) is 0 Å². The van der Waals surface area contributed by atoms with Crippen LogP contribution >= 0.6 is 0 Å². The van der Waals surface area contributed by atoms with E-state index in [1.807, 2.05) is 0 Å². The lowest BCUT2D eigenvalue weighted by Crippen LogP contribution is -2.24. The third-order valence-electron chi connectivity index (χ3n) is 3.79. The third-order valence-corrected chi connectivity index (χ3v) is 3.79. The van der Waals surface area contributed by atoms with E-state index in [0.717, 1.165) is 24.7 Å². The molecule has 0 fully saturated rings. The molecule has 0 amide bonds. The molecule has 1 aliphatic rings. The quantitative estimate of drug-likeness (QED) is 0.909. The minimum atomic E-state index is 0.296. The first-order chi connectivity index (χ1) is 9.54. The molecule has 4 heteroatoms. The van der Waals surface area contributed by atoms with E-state index >= 15 is 0 Å². The maximum absolute atomic E-state index is 4.71. The first kappa shape index (κ1) is 13.2. The summed E-state index contributed by atoms with van der Waals surface area (Å²) in [6.45, 7) is 9.52. The molecule has 20 heavy (non-hydrogen) atoms. The SMILES string of the molecule is Cc1cc(C)cc(C2CCNc3nc(C(C)C)nn32)c1. The van der Waals surface area contributed by atoms with Crippen LogP contribution in [0, 0.1) is 13.8 Å². The summed E-state index contributed by atoms with van der Waals surface area (Å²) < 4.78 is 2.06. The van der Waals surface area contributed by atoms with Gasteiger partial charge in [0.15, 0.2) is 5.82 Å². The lowest BCUT2D eigenvalue weighted by atomic mass is 9.98. The lowest BCUT2D eigenvalue weighted by Gasteiger charge is -2.25. The van der Waals surface area contributed by atoms with Gasteiger partial charge in [0.05, 0.1) is 6.04 Å². The topological polar surface area (TPSA) is 42.7 Å². The predicted molar refractivity (Wildman–Crippen MR) is 81.3 cm³/mol. The van der Waals surface area contributed by atoms with E-state index < -0.39 is 0 Å². The molecule has 1 aromatic carbocycles. The van der Waals surface area contributed by atoms with E-state index in [9.17, 15) is 0 Å². The number of anilines is 1. The highest BCUT2D eigenvalue weighted by atomic mass is 15.4. The van der Waals surface area contributed by atoms with Crippen LogP contribution in [0.5, 0.6) is 0 Å². The number of nitrogens with one attached hydrogen (secondary N) is 1. The van der Waals surface area contributed by atoms with Gasteiger partial charge in [0.1, 0.15) is 0 Å². The highest BCUT2D eigenvalue weighted by Crippen LogP contribution is 2.30. The van der Waals surface area contributed by atoms with Crippen LogP contribution in [0.1, 0.15) is 54.7 Å². The molecule has 0 aliphatic carbocycles. The number of hydrogen-bond donors (Lipinski definition) is 1. The van der Waals surface area contributed by atoms with Crippen molar-refractivity contribution in [3.63, 3.8) is 0 Å². The van der Waals surface area contributed by atoms with Crippen molar-refractivity contribution in [1.29, 1.82) is 0 Å². The number of rotatable bonds is 2. The molecular weight excluding hydrogens is 248 g/mol. The fourth-order valence-electron chi connectivity index (χ4n) is 2.88. The molecule has 1 N–H and O–H groups in total. The number of benzene rings is 1. The molecule has 0 bridgehead atoms. The summed E-state index contributed by atoms with van der Waals surface area (Å²) in [5.74, 6) is 2.18. The predicted octanol–water partition coefficient (Wildman–Crippen LogP) is 3.42. The monoisotopic (exact) mass is 270 g/mol. The summed E-state index contributed by atoms with van der Waals surface area (Å²) in [5, 5.41) is 8.07. The summed E-state index contributed by atoms with van der Waals surface area (Å²) >= 11 is 0. The molecule has 2 aromatic rings.